The standard InChI is InChI=1S/C23H31N5O2/c1-23(2,3)27-22(30)26-18-9-10-20(28-12-5-4-6-13-28)19(14-18)21(29)25-16-17-8-7-11-24-15-17/h7-11,14-15H,4-6,12-13,16H2,1-3H3,(H,25,29)(H2,26,27,30). The van der Waals surface area contributed by atoms with Gasteiger partial charge in [0.25, 0.3) is 5.91 Å². The molecule has 7 nitrogen and oxygen atoms in total. The molecule has 1 aliphatic heterocycles. The topological polar surface area (TPSA) is 86.4 Å². The van der Waals surface area contributed by atoms with Crippen LogP contribution in [0.4, 0.5) is 16.2 Å². The minimum Gasteiger partial charge on any atom is -0.371 e. The second kappa shape index (κ2) is 9.61. The largest absolute Gasteiger partial charge is 0.371 e. The van der Waals surface area contributed by atoms with Gasteiger partial charge in [0.2, 0.25) is 0 Å². The number of nitrogens with zero attached hydrogens (tertiary/aromatic N) is 2. The summed E-state index contributed by atoms with van der Waals surface area (Å²) in [5, 5.41) is 8.69. The molecule has 3 N–H and O–H groups in total. The fourth-order valence-corrected chi connectivity index (χ4v) is 3.49. The maximum atomic E-state index is 13.1. The van der Waals surface area contributed by atoms with Crippen LogP contribution < -0.4 is 20.9 Å². The molecule has 1 aliphatic rings. The van der Waals surface area contributed by atoms with Gasteiger partial charge in [0, 0.05) is 48.9 Å². The summed E-state index contributed by atoms with van der Waals surface area (Å²) < 4.78 is 0. The molecule has 3 amide bonds. The predicted molar refractivity (Wildman–Crippen MR) is 120 cm³/mol. The molecule has 30 heavy (non-hydrogen) atoms. The van der Waals surface area contributed by atoms with Crippen molar-refractivity contribution in [3.63, 3.8) is 0 Å². The molecule has 1 fully saturated rings. The number of benzene rings is 1. The van der Waals surface area contributed by atoms with E-state index in [9.17, 15) is 9.59 Å². The van der Waals surface area contributed by atoms with Gasteiger partial charge in [-0.25, -0.2) is 4.79 Å². The van der Waals surface area contributed by atoms with Crippen molar-refractivity contribution in [3.8, 4) is 0 Å². The van der Waals surface area contributed by atoms with Gasteiger partial charge in [-0.05, 0) is 69.9 Å². The van der Waals surface area contributed by atoms with E-state index in [4.69, 9.17) is 0 Å². The molecule has 160 valence electrons. The van der Waals surface area contributed by atoms with Crippen LogP contribution in [0.5, 0.6) is 0 Å². The van der Waals surface area contributed by atoms with E-state index in [-0.39, 0.29) is 17.5 Å². The van der Waals surface area contributed by atoms with Crippen LogP contribution in [0.3, 0.4) is 0 Å². The van der Waals surface area contributed by atoms with Crippen molar-refractivity contribution < 1.29 is 9.59 Å². The first-order chi connectivity index (χ1) is 14.3. The van der Waals surface area contributed by atoms with Crippen LogP contribution in [0.2, 0.25) is 0 Å². The molecule has 0 atom stereocenters. The fraction of sp³-hybridized carbons (Fsp3) is 0.435. The Labute approximate surface area is 178 Å². The van der Waals surface area contributed by atoms with Crippen molar-refractivity contribution in [1.29, 1.82) is 0 Å². The van der Waals surface area contributed by atoms with Gasteiger partial charge in [0.05, 0.1) is 5.56 Å². The van der Waals surface area contributed by atoms with Crippen molar-refractivity contribution in [2.24, 2.45) is 0 Å². The zero-order chi connectivity index (χ0) is 21.6. The summed E-state index contributed by atoms with van der Waals surface area (Å²) in [5.74, 6) is -0.167. The summed E-state index contributed by atoms with van der Waals surface area (Å²) in [5.41, 5.74) is 2.64. The number of amides is 3. The Hall–Kier alpha value is -3.09. The van der Waals surface area contributed by atoms with Crippen molar-refractivity contribution >= 4 is 23.3 Å². The Morgan fingerprint density at radius 2 is 1.87 bits per heavy atom. The van der Waals surface area contributed by atoms with E-state index in [0.29, 0.717) is 17.8 Å². The summed E-state index contributed by atoms with van der Waals surface area (Å²) in [6.07, 6.45) is 6.89. The fourth-order valence-electron chi connectivity index (χ4n) is 3.49. The molecule has 7 heteroatoms. The van der Waals surface area contributed by atoms with E-state index >= 15 is 0 Å². The number of urea groups is 1. The van der Waals surface area contributed by atoms with Gasteiger partial charge in [-0.15, -0.1) is 0 Å². The minimum atomic E-state index is -0.345. The number of hydrogen-bond acceptors (Lipinski definition) is 4. The van der Waals surface area contributed by atoms with Gasteiger partial charge < -0.3 is 20.9 Å². The normalized spacial score (nSPS) is 14.2. The number of hydrogen-bond donors (Lipinski definition) is 3. The van der Waals surface area contributed by atoms with Gasteiger partial charge in [-0.2, -0.15) is 0 Å². The highest BCUT2D eigenvalue weighted by atomic mass is 16.2. The van der Waals surface area contributed by atoms with Crippen LogP contribution in [0, 0.1) is 0 Å². The van der Waals surface area contributed by atoms with Crippen molar-refractivity contribution in [2.45, 2.75) is 52.1 Å². The van der Waals surface area contributed by atoms with Crippen LogP contribution in [0.25, 0.3) is 0 Å². The lowest BCUT2D eigenvalue weighted by atomic mass is 10.1. The summed E-state index contributed by atoms with van der Waals surface area (Å²) >= 11 is 0. The Kier molecular flexibility index (Phi) is 6.92. The number of carbonyl (C=O) groups is 2. The van der Waals surface area contributed by atoms with E-state index in [2.05, 4.69) is 25.8 Å². The van der Waals surface area contributed by atoms with E-state index < -0.39 is 0 Å². The summed E-state index contributed by atoms with van der Waals surface area (Å²) in [6, 6.07) is 9.01. The van der Waals surface area contributed by atoms with E-state index in [1.807, 2.05) is 45.0 Å². The molecule has 0 bridgehead atoms. The minimum absolute atomic E-state index is 0.167. The molecule has 0 saturated carbocycles. The van der Waals surface area contributed by atoms with Crippen molar-refractivity contribution in [2.75, 3.05) is 23.3 Å². The van der Waals surface area contributed by atoms with Gasteiger partial charge in [0.15, 0.2) is 0 Å². The zero-order valence-electron chi connectivity index (χ0n) is 18.0. The summed E-state index contributed by atoms with van der Waals surface area (Å²) in [6.45, 7) is 8.02. The third-order valence-corrected chi connectivity index (χ3v) is 4.86. The van der Waals surface area contributed by atoms with E-state index in [0.717, 1.165) is 37.2 Å². The Morgan fingerprint density at radius 1 is 1.10 bits per heavy atom. The van der Waals surface area contributed by atoms with Gasteiger partial charge >= 0.3 is 6.03 Å². The SMILES string of the molecule is CC(C)(C)NC(=O)Nc1ccc(N2CCCCC2)c(C(=O)NCc2cccnc2)c1. The number of piperidine rings is 1. The lowest BCUT2D eigenvalue weighted by Crippen LogP contribution is -2.43. The lowest BCUT2D eigenvalue weighted by molar-refractivity contribution is 0.0951. The van der Waals surface area contributed by atoms with Crippen LogP contribution in [-0.4, -0.2) is 35.6 Å². The van der Waals surface area contributed by atoms with Gasteiger partial charge in [-0.1, -0.05) is 6.07 Å². The number of anilines is 2. The van der Waals surface area contributed by atoms with Gasteiger partial charge in [0.1, 0.15) is 0 Å². The quantitative estimate of drug-likeness (QED) is 0.699. The highest BCUT2D eigenvalue weighted by molar-refractivity contribution is 6.02. The van der Waals surface area contributed by atoms with Crippen molar-refractivity contribution in [3.05, 3.63) is 53.9 Å². The van der Waals surface area contributed by atoms with E-state index in [1.54, 1.807) is 18.5 Å². The second-order valence-corrected chi connectivity index (χ2v) is 8.65. The molecule has 1 aromatic carbocycles. The smallest absolute Gasteiger partial charge is 0.319 e. The summed E-state index contributed by atoms with van der Waals surface area (Å²) in [7, 11) is 0. The molecule has 0 spiro atoms. The van der Waals surface area contributed by atoms with Crippen molar-refractivity contribution in [1.82, 2.24) is 15.6 Å². The van der Waals surface area contributed by atoms with Crippen LogP contribution in [0.1, 0.15) is 56.0 Å². The maximum Gasteiger partial charge on any atom is 0.319 e. The van der Waals surface area contributed by atoms with Crippen LogP contribution >= 0.6 is 0 Å². The first-order valence-electron chi connectivity index (χ1n) is 10.5. The third kappa shape index (κ3) is 6.20. The molecule has 1 aromatic heterocycles. The molecule has 0 aliphatic carbocycles. The number of pyridine rings is 1. The lowest BCUT2D eigenvalue weighted by Gasteiger charge is -2.30. The molecular weight excluding hydrogens is 378 g/mol. The summed E-state index contributed by atoms with van der Waals surface area (Å²) in [4.78, 5) is 31.7. The number of nitrogens with one attached hydrogen (secondary N) is 3. The number of carbonyl (C=O) groups excluding carboxylic acids is 2. The monoisotopic (exact) mass is 409 g/mol. The highest BCUT2D eigenvalue weighted by Crippen LogP contribution is 2.27. The van der Waals surface area contributed by atoms with Crippen LogP contribution in [0.15, 0.2) is 42.7 Å². The molecular formula is C23H31N5O2. The highest BCUT2D eigenvalue weighted by Gasteiger charge is 2.20. The van der Waals surface area contributed by atoms with E-state index in [1.165, 1.54) is 6.42 Å². The molecule has 2 heterocycles. The first-order valence-corrected chi connectivity index (χ1v) is 10.5. The number of rotatable bonds is 5. The molecule has 0 radical (unpaired) electrons. The second-order valence-electron chi connectivity index (χ2n) is 8.65. The van der Waals surface area contributed by atoms with Crippen LogP contribution in [-0.2, 0) is 6.54 Å². The number of aromatic nitrogens is 1. The zero-order valence-corrected chi connectivity index (χ0v) is 18.0. The first kappa shape index (κ1) is 21.6. The average molecular weight is 410 g/mol. The predicted octanol–water partition coefficient (Wildman–Crippen LogP) is 3.92. The molecule has 0 unspecified atom stereocenters. The Balaban J connectivity index is 1.80. The molecule has 3 rings (SSSR count). The molecule has 1 saturated heterocycles. The third-order valence-electron chi connectivity index (χ3n) is 4.86. The Morgan fingerprint density at radius 3 is 2.53 bits per heavy atom. The van der Waals surface area contributed by atoms with Gasteiger partial charge in [-0.3, -0.25) is 9.78 Å². The maximum absolute atomic E-state index is 13.1. The molecule has 2 aromatic rings. The average Bonchev–Trinajstić information content (AvgIpc) is 2.72. The Bertz CT molecular complexity index is 871.